The van der Waals surface area contributed by atoms with Crippen molar-refractivity contribution in [1.82, 2.24) is 14.6 Å². The van der Waals surface area contributed by atoms with Crippen LogP contribution in [0.4, 0.5) is 4.79 Å². The van der Waals surface area contributed by atoms with Gasteiger partial charge in [-0.3, -0.25) is 4.98 Å². The molecule has 0 aliphatic rings. The summed E-state index contributed by atoms with van der Waals surface area (Å²) in [7, 11) is 0. The number of ether oxygens (including phenoxy) is 1. The Morgan fingerprint density at radius 3 is 2.89 bits per heavy atom. The second-order valence-corrected chi connectivity index (χ2v) is 7.76. The lowest BCUT2D eigenvalue weighted by molar-refractivity contribution is 0.139. The predicted molar refractivity (Wildman–Crippen MR) is 107 cm³/mol. The van der Waals surface area contributed by atoms with Crippen molar-refractivity contribution in [2.24, 2.45) is 5.92 Å². The number of hydrogen-bond acceptors (Lipinski definition) is 6. The molecule has 7 heteroatoms. The number of amides is 1. The van der Waals surface area contributed by atoms with E-state index < -0.39 is 6.09 Å². The molecule has 27 heavy (non-hydrogen) atoms. The molecule has 0 unspecified atom stereocenters. The van der Waals surface area contributed by atoms with E-state index >= 15 is 0 Å². The fraction of sp³-hybridized carbons (Fsp3) is 0.400. The number of pyridine rings is 1. The Morgan fingerprint density at radius 2 is 2.19 bits per heavy atom. The molecule has 0 saturated carbocycles. The van der Waals surface area contributed by atoms with Crippen LogP contribution >= 0.6 is 11.9 Å². The summed E-state index contributed by atoms with van der Waals surface area (Å²) in [5.74, 6) is 0.787. The van der Waals surface area contributed by atoms with Crippen molar-refractivity contribution in [3.63, 3.8) is 0 Å². The van der Waals surface area contributed by atoms with Crippen molar-refractivity contribution in [3.8, 4) is 5.75 Å². The van der Waals surface area contributed by atoms with E-state index in [-0.39, 0.29) is 12.4 Å². The Labute approximate surface area is 165 Å². The molecule has 6 nitrogen and oxygen atoms in total. The molecular formula is C20H27N3O3S. The fourth-order valence-electron chi connectivity index (χ4n) is 2.40. The van der Waals surface area contributed by atoms with Gasteiger partial charge < -0.3 is 15.2 Å². The number of aromatic nitrogens is 1. The van der Waals surface area contributed by atoms with Crippen LogP contribution in [0.25, 0.3) is 0 Å². The molecule has 146 valence electrons. The average molecular weight is 390 g/mol. The first-order valence-electron chi connectivity index (χ1n) is 9.04. The average Bonchev–Trinajstić information content (AvgIpc) is 2.64. The summed E-state index contributed by atoms with van der Waals surface area (Å²) in [6.45, 7) is 6.84. The van der Waals surface area contributed by atoms with Gasteiger partial charge in [0, 0.05) is 42.5 Å². The van der Waals surface area contributed by atoms with Gasteiger partial charge in [0.1, 0.15) is 12.4 Å². The summed E-state index contributed by atoms with van der Waals surface area (Å²) in [5.41, 5.74) is 0.860. The summed E-state index contributed by atoms with van der Waals surface area (Å²) in [4.78, 5) is 16.8. The number of hydrogen-bond donors (Lipinski definition) is 2. The number of aromatic hydroxyl groups is 1. The first-order chi connectivity index (χ1) is 13.0. The number of rotatable bonds is 10. The second-order valence-electron chi connectivity index (χ2n) is 6.59. The number of alkyl carbamates (subject to hydrolysis) is 1. The van der Waals surface area contributed by atoms with E-state index in [0.29, 0.717) is 12.5 Å². The zero-order valence-corrected chi connectivity index (χ0v) is 16.6. The third-order valence-electron chi connectivity index (χ3n) is 3.57. The first kappa shape index (κ1) is 21.1. The standard InChI is InChI=1S/C20H27N3O3S/c1-16(2)14-23(27-19-8-3-7-18(24)12-19)11-5-10-22-20(25)26-15-17-6-4-9-21-13-17/h3-4,6-9,12-13,16,24H,5,10-11,14-15H2,1-2H3,(H,22,25). The summed E-state index contributed by atoms with van der Waals surface area (Å²) in [5, 5.41) is 12.4. The molecule has 0 radical (unpaired) electrons. The van der Waals surface area contributed by atoms with E-state index in [9.17, 15) is 9.90 Å². The van der Waals surface area contributed by atoms with Crippen molar-refractivity contribution in [2.75, 3.05) is 19.6 Å². The summed E-state index contributed by atoms with van der Waals surface area (Å²) in [6.07, 6.45) is 3.74. The van der Waals surface area contributed by atoms with E-state index in [0.717, 1.165) is 30.0 Å². The van der Waals surface area contributed by atoms with Crippen LogP contribution in [0.2, 0.25) is 0 Å². The quantitative estimate of drug-likeness (QED) is 0.471. The van der Waals surface area contributed by atoms with Crippen LogP contribution in [-0.4, -0.2) is 40.1 Å². The van der Waals surface area contributed by atoms with Crippen molar-refractivity contribution in [3.05, 3.63) is 54.4 Å². The zero-order chi connectivity index (χ0) is 19.5. The van der Waals surface area contributed by atoms with Crippen LogP contribution in [0.3, 0.4) is 0 Å². The van der Waals surface area contributed by atoms with E-state index in [2.05, 4.69) is 28.5 Å². The van der Waals surface area contributed by atoms with Crippen LogP contribution in [0.1, 0.15) is 25.8 Å². The summed E-state index contributed by atoms with van der Waals surface area (Å²) >= 11 is 1.62. The maximum absolute atomic E-state index is 11.8. The minimum absolute atomic E-state index is 0.215. The van der Waals surface area contributed by atoms with Crippen LogP contribution in [0, 0.1) is 5.92 Å². The lowest BCUT2D eigenvalue weighted by Crippen LogP contribution is -2.29. The molecule has 0 aliphatic heterocycles. The van der Waals surface area contributed by atoms with Gasteiger partial charge in [0.25, 0.3) is 0 Å². The highest BCUT2D eigenvalue weighted by Crippen LogP contribution is 2.26. The Balaban J connectivity index is 1.70. The lowest BCUT2D eigenvalue weighted by Gasteiger charge is -2.23. The number of benzene rings is 1. The molecule has 1 heterocycles. The number of nitrogens with one attached hydrogen (secondary N) is 1. The Hall–Kier alpha value is -2.25. The molecule has 0 spiro atoms. The Morgan fingerprint density at radius 1 is 1.33 bits per heavy atom. The van der Waals surface area contributed by atoms with Crippen molar-refractivity contribution in [1.29, 1.82) is 0 Å². The third-order valence-corrected chi connectivity index (χ3v) is 4.62. The smallest absolute Gasteiger partial charge is 0.407 e. The van der Waals surface area contributed by atoms with Gasteiger partial charge in [-0.1, -0.05) is 26.0 Å². The normalized spacial score (nSPS) is 11.0. The highest BCUT2D eigenvalue weighted by atomic mass is 32.2. The Bertz CT molecular complexity index is 698. The molecule has 2 rings (SSSR count). The molecule has 0 atom stereocenters. The second kappa shape index (κ2) is 11.5. The van der Waals surface area contributed by atoms with Crippen LogP contribution < -0.4 is 5.32 Å². The van der Waals surface area contributed by atoms with Gasteiger partial charge >= 0.3 is 6.09 Å². The number of phenols is 1. The molecule has 2 N–H and O–H groups in total. The largest absolute Gasteiger partial charge is 0.508 e. The van der Waals surface area contributed by atoms with Gasteiger partial charge in [-0.15, -0.1) is 0 Å². The maximum atomic E-state index is 11.8. The van der Waals surface area contributed by atoms with Crippen LogP contribution in [0.15, 0.2) is 53.7 Å². The van der Waals surface area contributed by atoms with Crippen molar-refractivity contribution >= 4 is 18.0 Å². The topological polar surface area (TPSA) is 74.7 Å². The third kappa shape index (κ3) is 8.79. The SMILES string of the molecule is CC(C)CN(CCCNC(=O)OCc1cccnc1)Sc1cccc(O)c1. The predicted octanol–water partition coefficient (Wildman–Crippen LogP) is 4.07. The number of phenolic OH excluding ortho intramolecular Hbond substituents is 1. The lowest BCUT2D eigenvalue weighted by atomic mass is 10.2. The van der Waals surface area contributed by atoms with E-state index in [4.69, 9.17) is 4.74 Å². The van der Waals surface area contributed by atoms with Gasteiger partial charge in [-0.2, -0.15) is 0 Å². The van der Waals surface area contributed by atoms with Crippen molar-refractivity contribution < 1.29 is 14.6 Å². The zero-order valence-electron chi connectivity index (χ0n) is 15.8. The monoisotopic (exact) mass is 389 g/mol. The molecule has 1 amide bonds. The van der Waals surface area contributed by atoms with Crippen LogP contribution in [-0.2, 0) is 11.3 Å². The van der Waals surface area contributed by atoms with Gasteiger partial charge in [-0.25, -0.2) is 9.10 Å². The molecule has 1 aromatic heterocycles. The first-order valence-corrected chi connectivity index (χ1v) is 9.81. The van der Waals surface area contributed by atoms with E-state index in [1.807, 2.05) is 24.3 Å². The highest BCUT2D eigenvalue weighted by Gasteiger charge is 2.10. The molecule has 0 aliphatic carbocycles. The maximum Gasteiger partial charge on any atom is 0.407 e. The molecule has 0 fully saturated rings. The number of carbonyl (C=O) groups excluding carboxylic acids is 1. The van der Waals surface area contributed by atoms with E-state index in [1.165, 1.54) is 0 Å². The highest BCUT2D eigenvalue weighted by molar-refractivity contribution is 7.97. The molecule has 0 saturated heterocycles. The molecular weight excluding hydrogens is 362 g/mol. The minimum Gasteiger partial charge on any atom is -0.508 e. The number of nitrogens with zero attached hydrogens (tertiary/aromatic N) is 2. The van der Waals surface area contributed by atoms with Gasteiger partial charge in [0.2, 0.25) is 0 Å². The van der Waals surface area contributed by atoms with E-state index in [1.54, 1.807) is 36.5 Å². The number of carbonyl (C=O) groups is 1. The minimum atomic E-state index is -0.421. The van der Waals surface area contributed by atoms with Crippen LogP contribution in [0.5, 0.6) is 5.75 Å². The molecule has 1 aromatic carbocycles. The van der Waals surface area contributed by atoms with Gasteiger partial charge in [0.15, 0.2) is 0 Å². The Kier molecular flexibility index (Phi) is 8.94. The van der Waals surface area contributed by atoms with Gasteiger partial charge in [-0.05, 0) is 48.6 Å². The molecule has 2 aromatic rings. The fourth-order valence-corrected chi connectivity index (χ4v) is 3.60. The van der Waals surface area contributed by atoms with Gasteiger partial charge in [0.05, 0.1) is 0 Å². The summed E-state index contributed by atoms with van der Waals surface area (Å²) in [6, 6.07) is 10.9. The summed E-state index contributed by atoms with van der Waals surface area (Å²) < 4.78 is 7.42. The van der Waals surface area contributed by atoms with Crippen molar-refractivity contribution in [2.45, 2.75) is 31.8 Å². The molecule has 0 bridgehead atoms.